The molecule has 1 aromatic heterocycles. The Balaban J connectivity index is 1.92. The zero-order valence-electron chi connectivity index (χ0n) is 18.7. The van der Waals surface area contributed by atoms with Crippen molar-refractivity contribution in [3.05, 3.63) is 60.4 Å². The summed E-state index contributed by atoms with van der Waals surface area (Å²) in [4.78, 5) is 29.6. The second-order valence-corrected chi connectivity index (χ2v) is 11.6. The molecule has 1 amide bonds. The van der Waals surface area contributed by atoms with Gasteiger partial charge in [-0.05, 0) is 23.8 Å². The first-order valence-electron chi connectivity index (χ1n) is 10.3. The Kier molecular flexibility index (Phi) is 8.02. The number of sulfonamides is 2. The van der Waals surface area contributed by atoms with Gasteiger partial charge in [0.25, 0.3) is 0 Å². The molecule has 0 aliphatic carbocycles. The van der Waals surface area contributed by atoms with E-state index < -0.39 is 50.6 Å². The maximum absolute atomic E-state index is 13.3. The first-order valence-corrected chi connectivity index (χ1v) is 13.6. The number of aromatic nitrogens is 1. The fourth-order valence-corrected chi connectivity index (χ4v) is 6.05. The zero-order chi connectivity index (χ0) is 24.9. The number of nitrogens with zero attached hydrogens (tertiary/aromatic N) is 3. The normalized spacial score (nSPS) is 18.7. The van der Waals surface area contributed by atoms with Gasteiger partial charge in [-0.2, -0.15) is 8.61 Å². The Bertz CT molecular complexity index is 1220. The summed E-state index contributed by atoms with van der Waals surface area (Å²) in [6, 6.07) is 8.42. The molecule has 1 aliphatic heterocycles. The molecule has 0 saturated carbocycles. The predicted molar refractivity (Wildman–Crippen MR) is 122 cm³/mol. The summed E-state index contributed by atoms with van der Waals surface area (Å²) in [5.41, 5.74) is 0.647. The predicted octanol–water partition coefficient (Wildman–Crippen LogP) is -0.383. The van der Waals surface area contributed by atoms with Gasteiger partial charge in [0, 0.05) is 38.4 Å². The van der Waals surface area contributed by atoms with Crippen molar-refractivity contribution in [3.8, 4) is 0 Å². The summed E-state index contributed by atoms with van der Waals surface area (Å²) in [5, 5.41) is 2.54. The topological polar surface area (TPSA) is 143 Å². The number of nitrogens with one attached hydrogen (secondary N) is 1. The van der Waals surface area contributed by atoms with E-state index in [2.05, 4.69) is 10.3 Å². The smallest absolute Gasteiger partial charge is 0.328 e. The molecule has 1 fully saturated rings. The maximum atomic E-state index is 13.3. The molecule has 2 heterocycles. The van der Waals surface area contributed by atoms with Crippen molar-refractivity contribution in [2.24, 2.45) is 0 Å². The number of pyridine rings is 1. The minimum atomic E-state index is -4.12. The molecular formula is C21H26N4O7S2. The highest BCUT2D eigenvalue weighted by molar-refractivity contribution is 7.89. The first kappa shape index (κ1) is 25.7. The molecule has 2 atom stereocenters. The molecule has 1 saturated heterocycles. The molecule has 0 bridgehead atoms. The molecular weight excluding hydrogens is 484 g/mol. The van der Waals surface area contributed by atoms with E-state index in [-0.39, 0.29) is 24.4 Å². The number of ether oxygens (including phenoxy) is 1. The average Bonchev–Trinajstić information content (AvgIpc) is 2.83. The van der Waals surface area contributed by atoms with Crippen molar-refractivity contribution < 1.29 is 31.2 Å². The molecule has 0 unspecified atom stereocenters. The summed E-state index contributed by atoms with van der Waals surface area (Å²) in [6.07, 6.45) is 4.13. The summed E-state index contributed by atoms with van der Waals surface area (Å²) in [5.74, 6) is -1.54. The quantitative estimate of drug-likeness (QED) is 0.474. The standard InChI is InChI=1S/C21H26N4O7S2/c1-32-21(27)18(13-16-7-6-10-22-14-16)23-20(26)19-15-24(33(2,28)29)11-12-25(19)34(30,31)17-8-4-3-5-9-17/h3-10,14,18-19H,11-13,15H2,1-2H3,(H,23,26)/t18-,19-/m1/s1. The van der Waals surface area contributed by atoms with E-state index in [4.69, 9.17) is 4.74 Å². The van der Waals surface area contributed by atoms with E-state index >= 15 is 0 Å². The monoisotopic (exact) mass is 510 g/mol. The highest BCUT2D eigenvalue weighted by atomic mass is 32.2. The highest BCUT2D eigenvalue weighted by Gasteiger charge is 2.43. The number of rotatable bonds is 8. The lowest BCUT2D eigenvalue weighted by Gasteiger charge is -2.38. The van der Waals surface area contributed by atoms with Gasteiger partial charge in [-0.3, -0.25) is 9.78 Å². The van der Waals surface area contributed by atoms with Gasteiger partial charge in [0.05, 0.1) is 18.3 Å². The molecule has 0 radical (unpaired) electrons. The van der Waals surface area contributed by atoms with Gasteiger partial charge in [0.2, 0.25) is 26.0 Å². The number of hydrogen-bond acceptors (Lipinski definition) is 8. The van der Waals surface area contributed by atoms with Crippen LogP contribution in [-0.2, 0) is 40.8 Å². The van der Waals surface area contributed by atoms with Crippen molar-refractivity contribution in [1.82, 2.24) is 18.9 Å². The highest BCUT2D eigenvalue weighted by Crippen LogP contribution is 2.23. The largest absolute Gasteiger partial charge is 0.467 e. The Morgan fingerprint density at radius 1 is 1.12 bits per heavy atom. The zero-order valence-corrected chi connectivity index (χ0v) is 20.3. The van der Waals surface area contributed by atoms with Crippen LogP contribution in [0.15, 0.2) is 59.8 Å². The van der Waals surface area contributed by atoms with Crippen LogP contribution in [0.5, 0.6) is 0 Å². The van der Waals surface area contributed by atoms with E-state index in [1.807, 2.05) is 0 Å². The number of methoxy groups -OCH3 is 1. The maximum Gasteiger partial charge on any atom is 0.328 e. The summed E-state index contributed by atoms with van der Waals surface area (Å²) >= 11 is 0. The number of hydrogen-bond donors (Lipinski definition) is 1. The van der Waals surface area contributed by atoms with Crippen LogP contribution in [0.1, 0.15) is 5.56 Å². The SMILES string of the molecule is COC(=O)[C@@H](Cc1cccnc1)NC(=O)[C@H]1CN(S(C)(=O)=O)CCN1S(=O)(=O)c1ccccc1. The molecule has 1 aliphatic rings. The van der Waals surface area contributed by atoms with Crippen LogP contribution in [0.3, 0.4) is 0 Å². The number of carbonyl (C=O) groups is 2. The number of benzene rings is 1. The van der Waals surface area contributed by atoms with E-state index in [0.717, 1.165) is 14.9 Å². The van der Waals surface area contributed by atoms with Crippen molar-refractivity contribution in [2.75, 3.05) is 33.0 Å². The van der Waals surface area contributed by atoms with Crippen LogP contribution in [0.2, 0.25) is 0 Å². The van der Waals surface area contributed by atoms with Crippen LogP contribution in [0.25, 0.3) is 0 Å². The number of carbonyl (C=O) groups excluding carboxylic acids is 2. The van der Waals surface area contributed by atoms with Gasteiger partial charge in [-0.1, -0.05) is 24.3 Å². The van der Waals surface area contributed by atoms with Gasteiger partial charge < -0.3 is 10.1 Å². The average molecular weight is 511 g/mol. The van der Waals surface area contributed by atoms with Gasteiger partial charge in [0.15, 0.2) is 0 Å². The molecule has 11 nitrogen and oxygen atoms in total. The Labute approximate surface area is 198 Å². The van der Waals surface area contributed by atoms with Crippen molar-refractivity contribution in [2.45, 2.75) is 23.4 Å². The fraction of sp³-hybridized carbons (Fsp3) is 0.381. The number of amides is 1. The third-order valence-corrected chi connectivity index (χ3v) is 8.57. The third-order valence-electron chi connectivity index (χ3n) is 5.38. The molecule has 184 valence electrons. The fourth-order valence-electron chi connectivity index (χ4n) is 3.63. The lowest BCUT2D eigenvalue weighted by Crippen LogP contribution is -2.62. The van der Waals surface area contributed by atoms with Crippen molar-refractivity contribution in [1.29, 1.82) is 0 Å². The minimum Gasteiger partial charge on any atom is -0.467 e. The van der Waals surface area contributed by atoms with E-state index in [1.165, 1.54) is 25.4 Å². The van der Waals surface area contributed by atoms with Crippen molar-refractivity contribution >= 4 is 31.9 Å². The molecule has 0 spiro atoms. The number of esters is 1. The second-order valence-electron chi connectivity index (χ2n) is 7.72. The van der Waals surface area contributed by atoms with Crippen LogP contribution < -0.4 is 5.32 Å². The van der Waals surface area contributed by atoms with E-state index in [1.54, 1.807) is 36.5 Å². The van der Waals surface area contributed by atoms with Crippen LogP contribution in [0.4, 0.5) is 0 Å². The first-order chi connectivity index (χ1) is 16.0. The van der Waals surface area contributed by atoms with Gasteiger partial charge in [-0.25, -0.2) is 21.6 Å². The lowest BCUT2D eigenvalue weighted by molar-refractivity contribution is -0.145. The summed E-state index contributed by atoms with van der Waals surface area (Å²) in [7, 11) is -6.64. The van der Waals surface area contributed by atoms with Crippen LogP contribution in [-0.4, -0.2) is 87.4 Å². The van der Waals surface area contributed by atoms with E-state index in [9.17, 15) is 26.4 Å². The minimum absolute atomic E-state index is 0.0273. The molecule has 13 heteroatoms. The molecule has 1 N–H and O–H groups in total. The Morgan fingerprint density at radius 3 is 2.41 bits per heavy atom. The lowest BCUT2D eigenvalue weighted by atomic mass is 10.1. The molecule has 2 aromatic rings. The van der Waals surface area contributed by atoms with Crippen molar-refractivity contribution in [3.63, 3.8) is 0 Å². The second kappa shape index (κ2) is 10.6. The number of piperazine rings is 1. The van der Waals surface area contributed by atoms with Gasteiger partial charge >= 0.3 is 5.97 Å². The third kappa shape index (κ3) is 5.97. The summed E-state index contributed by atoms with van der Waals surface area (Å²) < 4.78 is 57.7. The molecule has 3 rings (SSSR count). The molecule has 1 aromatic carbocycles. The van der Waals surface area contributed by atoms with Gasteiger partial charge in [0.1, 0.15) is 12.1 Å². The van der Waals surface area contributed by atoms with Gasteiger partial charge in [-0.15, -0.1) is 0 Å². The molecule has 34 heavy (non-hydrogen) atoms. The Morgan fingerprint density at radius 2 is 1.82 bits per heavy atom. The summed E-state index contributed by atoms with van der Waals surface area (Å²) in [6.45, 7) is -0.726. The van der Waals surface area contributed by atoms with Crippen LogP contribution in [0, 0.1) is 0 Å². The Hall–Kier alpha value is -2.87. The van der Waals surface area contributed by atoms with E-state index in [0.29, 0.717) is 5.56 Å². The van der Waals surface area contributed by atoms with Crippen LogP contribution >= 0.6 is 0 Å².